The summed E-state index contributed by atoms with van der Waals surface area (Å²) in [6.45, 7) is 0.891. The zero-order chi connectivity index (χ0) is 20.9. The van der Waals surface area contributed by atoms with E-state index in [-0.39, 0.29) is 24.4 Å². The van der Waals surface area contributed by atoms with Crippen LogP contribution in [0.1, 0.15) is 34.7 Å². The fourth-order valence-electron chi connectivity index (χ4n) is 3.78. The largest absolute Gasteiger partial charge is 0.497 e. The van der Waals surface area contributed by atoms with E-state index in [1.54, 1.807) is 31.4 Å². The second-order valence-electron chi connectivity index (χ2n) is 7.36. The van der Waals surface area contributed by atoms with Crippen molar-refractivity contribution in [2.24, 2.45) is 0 Å². The topological polar surface area (TPSA) is 51.9 Å². The Kier molecular flexibility index (Phi) is 6.02. The number of hydrogen-bond acceptors (Lipinski definition) is 4. The van der Waals surface area contributed by atoms with Gasteiger partial charge in [0, 0.05) is 12.6 Å². The second-order valence-corrected chi connectivity index (χ2v) is 7.36. The van der Waals surface area contributed by atoms with Crippen LogP contribution < -0.4 is 9.47 Å². The third-order valence-electron chi connectivity index (χ3n) is 5.31. The van der Waals surface area contributed by atoms with E-state index < -0.39 is 0 Å². The lowest BCUT2D eigenvalue weighted by Crippen LogP contribution is -2.36. The van der Waals surface area contributed by atoms with Gasteiger partial charge in [0.2, 0.25) is 0 Å². The van der Waals surface area contributed by atoms with Crippen LogP contribution in [-0.2, 0) is 13.0 Å². The van der Waals surface area contributed by atoms with Crippen LogP contribution >= 0.6 is 0 Å². The van der Waals surface area contributed by atoms with E-state index in [1.165, 1.54) is 12.1 Å². The van der Waals surface area contributed by atoms with Crippen molar-refractivity contribution < 1.29 is 23.1 Å². The van der Waals surface area contributed by atoms with E-state index in [2.05, 4.69) is 6.07 Å². The Morgan fingerprint density at radius 1 is 1.13 bits per heavy atom. The maximum atomic E-state index is 13.0. The number of halogens is 1. The number of hydrogen-bond donors (Lipinski definition) is 0. The summed E-state index contributed by atoms with van der Waals surface area (Å²) in [5, 5.41) is 0. The number of carbonyl (C=O) groups is 1. The number of amides is 1. The summed E-state index contributed by atoms with van der Waals surface area (Å²) in [6, 6.07) is 17.3. The van der Waals surface area contributed by atoms with Crippen molar-refractivity contribution >= 4 is 5.91 Å². The van der Waals surface area contributed by atoms with E-state index in [4.69, 9.17) is 13.9 Å². The molecule has 0 N–H and O–H groups in total. The first kappa shape index (κ1) is 20.0. The molecule has 2 aromatic carbocycles. The molecule has 6 heteroatoms. The highest BCUT2D eigenvalue weighted by Crippen LogP contribution is 2.25. The van der Waals surface area contributed by atoms with Crippen molar-refractivity contribution in [3.63, 3.8) is 0 Å². The van der Waals surface area contributed by atoms with Crippen LogP contribution in [0.5, 0.6) is 11.5 Å². The Hall–Kier alpha value is -3.28. The van der Waals surface area contributed by atoms with Crippen LogP contribution in [0.3, 0.4) is 0 Å². The Balaban J connectivity index is 1.38. The summed E-state index contributed by atoms with van der Waals surface area (Å²) < 4.78 is 29.6. The fourth-order valence-corrected chi connectivity index (χ4v) is 3.78. The van der Waals surface area contributed by atoms with Gasteiger partial charge in [-0.2, -0.15) is 0 Å². The molecule has 0 saturated carbocycles. The molecule has 30 heavy (non-hydrogen) atoms. The van der Waals surface area contributed by atoms with Crippen LogP contribution in [0, 0.1) is 5.82 Å². The quantitative estimate of drug-likeness (QED) is 0.560. The summed E-state index contributed by atoms with van der Waals surface area (Å²) in [5.74, 6) is 1.80. The van der Waals surface area contributed by atoms with Gasteiger partial charge < -0.3 is 18.8 Å². The first-order valence-corrected chi connectivity index (χ1v) is 10.0. The average molecular weight is 409 g/mol. The average Bonchev–Trinajstić information content (AvgIpc) is 3.43. The molecule has 0 spiro atoms. The van der Waals surface area contributed by atoms with Crippen LogP contribution in [0.25, 0.3) is 0 Å². The molecule has 1 amide bonds. The van der Waals surface area contributed by atoms with E-state index in [1.807, 2.05) is 23.1 Å². The van der Waals surface area contributed by atoms with Gasteiger partial charge in [-0.3, -0.25) is 4.79 Å². The van der Waals surface area contributed by atoms with Gasteiger partial charge in [-0.15, -0.1) is 0 Å². The number of ether oxygens (including phenoxy) is 2. The molecular weight excluding hydrogens is 385 g/mol. The smallest absolute Gasteiger partial charge is 0.289 e. The highest BCUT2D eigenvalue weighted by Gasteiger charge is 2.31. The van der Waals surface area contributed by atoms with Crippen molar-refractivity contribution in [1.82, 2.24) is 4.90 Å². The first-order chi connectivity index (χ1) is 14.6. The number of carbonyl (C=O) groups excluding carboxylic acids is 1. The molecule has 0 bridgehead atoms. The van der Waals surface area contributed by atoms with Crippen molar-refractivity contribution in [1.29, 1.82) is 0 Å². The lowest BCUT2D eigenvalue weighted by atomic mass is 10.0. The van der Waals surface area contributed by atoms with Crippen molar-refractivity contribution in [2.75, 3.05) is 13.7 Å². The van der Waals surface area contributed by atoms with E-state index >= 15 is 0 Å². The predicted molar refractivity (Wildman–Crippen MR) is 110 cm³/mol. The van der Waals surface area contributed by atoms with Gasteiger partial charge in [-0.1, -0.05) is 12.1 Å². The van der Waals surface area contributed by atoms with Crippen LogP contribution in [0.2, 0.25) is 0 Å². The molecule has 1 atom stereocenters. The molecule has 1 unspecified atom stereocenters. The zero-order valence-corrected chi connectivity index (χ0v) is 16.8. The van der Waals surface area contributed by atoms with Gasteiger partial charge in [0.1, 0.15) is 29.7 Å². The minimum atomic E-state index is -0.317. The summed E-state index contributed by atoms with van der Waals surface area (Å²) in [7, 11) is 1.65. The number of methoxy groups -OCH3 is 1. The number of likely N-dealkylation sites (tertiary alicyclic amines) is 1. The van der Waals surface area contributed by atoms with Crippen LogP contribution in [0.4, 0.5) is 4.39 Å². The summed E-state index contributed by atoms with van der Waals surface area (Å²) in [6.07, 6.45) is 2.72. The van der Waals surface area contributed by atoms with E-state index in [9.17, 15) is 9.18 Å². The maximum absolute atomic E-state index is 13.0. The predicted octanol–water partition coefficient (Wildman–Crippen LogP) is 4.85. The SMILES string of the molecule is COc1cccc(CC2CCCN2C(=O)c2ccc(COc3ccc(F)cc3)o2)c1. The normalized spacial score (nSPS) is 15.9. The third-order valence-corrected chi connectivity index (χ3v) is 5.31. The maximum Gasteiger partial charge on any atom is 0.289 e. The van der Waals surface area contributed by atoms with Gasteiger partial charge >= 0.3 is 0 Å². The van der Waals surface area contributed by atoms with Crippen molar-refractivity contribution in [3.05, 3.63) is 83.6 Å². The molecule has 4 rings (SSSR count). The number of benzene rings is 2. The van der Waals surface area contributed by atoms with Gasteiger partial charge in [-0.25, -0.2) is 4.39 Å². The summed E-state index contributed by atoms with van der Waals surface area (Å²) in [5.41, 5.74) is 1.15. The van der Waals surface area contributed by atoms with Crippen LogP contribution in [0.15, 0.2) is 65.1 Å². The summed E-state index contributed by atoms with van der Waals surface area (Å²) in [4.78, 5) is 14.9. The lowest BCUT2D eigenvalue weighted by molar-refractivity contribution is 0.0700. The second kappa shape index (κ2) is 9.03. The number of rotatable bonds is 7. The molecule has 1 aliphatic rings. The Morgan fingerprint density at radius 2 is 1.97 bits per heavy atom. The van der Waals surface area contributed by atoms with Crippen molar-refractivity contribution in [3.8, 4) is 11.5 Å². The molecule has 0 aliphatic carbocycles. The van der Waals surface area contributed by atoms with Gasteiger partial charge in [0.05, 0.1) is 7.11 Å². The van der Waals surface area contributed by atoms with Gasteiger partial charge in [-0.05, 0) is 73.4 Å². The lowest BCUT2D eigenvalue weighted by Gasteiger charge is -2.24. The van der Waals surface area contributed by atoms with Gasteiger partial charge in [0.25, 0.3) is 5.91 Å². The molecule has 3 aromatic rings. The molecule has 1 aliphatic heterocycles. The summed E-state index contributed by atoms with van der Waals surface area (Å²) >= 11 is 0. The van der Waals surface area contributed by atoms with Gasteiger partial charge in [0.15, 0.2) is 5.76 Å². The standard InChI is InChI=1S/C24H24FNO4/c1-28-21-6-2-4-17(15-21)14-19-5-3-13-26(19)24(27)23-12-11-22(30-23)16-29-20-9-7-18(25)8-10-20/h2,4,6-12,15,19H,3,5,13-14,16H2,1H3. The molecule has 1 aromatic heterocycles. The zero-order valence-electron chi connectivity index (χ0n) is 16.8. The molecule has 1 saturated heterocycles. The molecule has 5 nitrogen and oxygen atoms in total. The number of furan rings is 1. The van der Waals surface area contributed by atoms with E-state index in [0.29, 0.717) is 17.3 Å². The molecule has 156 valence electrons. The molecule has 1 fully saturated rings. The van der Waals surface area contributed by atoms with Crippen molar-refractivity contribution in [2.45, 2.75) is 31.9 Å². The highest BCUT2D eigenvalue weighted by molar-refractivity contribution is 5.92. The first-order valence-electron chi connectivity index (χ1n) is 10.0. The highest BCUT2D eigenvalue weighted by atomic mass is 19.1. The van der Waals surface area contributed by atoms with Crippen LogP contribution in [-0.4, -0.2) is 30.5 Å². The molecule has 2 heterocycles. The Morgan fingerprint density at radius 3 is 2.77 bits per heavy atom. The van der Waals surface area contributed by atoms with E-state index in [0.717, 1.165) is 37.1 Å². The Bertz CT molecular complexity index is 998. The monoisotopic (exact) mass is 409 g/mol. The third kappa shape index (κ3) is 4.64. The minimum Gasteiger partial charge on any atom is -0.497 e. The number of nitrogens with zero attached hydrogens (tertiary/aromatic N) is 1. The molecular formula is C24H24FNO4. The Labute approximate surface area is 175 Å². The fraction of sp³-hybridized carbons (Fsp3) is 0.292. The minimum absolute atomic E-state index is 0.103. The molecule has 0 radical (unpaired) electrons.